The molecule has 126 valence electrons. The van der Waals surface area contributed by atoms with E-state index in [2.05, 4.69) is 5.10 Å². The predicted molar refractivity (Wildman–Crippen MR) is 89.9 cm³/mol. The summed E-state index contributed by atoms with van der Waals surface area (Å²) in [6, 6.07) is 5.80. The maximum Gasteiger partial charge on any atom is 0.326 e. The molecule has 0 bridgehead atoms. The van der Waals surface area contributed by atoms with Crippen LogP contribution in [0.1, 0.15) is 29.8 Å². The van der Waals surface area contributed by atoms with Crippen LogP contribution in [0.4, 0.5) is 0 Å². The average molecular weight is 368 g/mol. The standard InChI is InChI=1S/C16H15Cl2N3O3/c17-11-5-4-10(9-12(11)18)21-8-6-13(19-21)15(22)20-7-2-1-3-14(20)16(23)24/h4-6,8-9,14H,1-3,7H2,(H,23,24)/t14-/m1/s1. The highest BCUT2D eigenvalue weighted by Gasteiger charge is 2.33. The molecule has 0 unspecified atom stereocenters. The Kier molecular flexibility index (Phi) is 4.78. The highest BCUT2D eigenvalue weighted by atomic mass is 35.5. The van der Waals surface area contributed by atoms with Gasteiger partial charge in [-0.25, -0.2) is 9.48 Å². The summed E-state index contributed by atoms with van der Waals surface area (Å²) in [5, 5.41) is 14.4. The molecule has 1 atom stereocenters. The average Bonchev–Trinajstić information content (AvgIpc) is 3.06. The lowest BCUT2D eigenvalue weighted by atomic mass is 10.0. The maximum atomic E-state index is 12.6. The van der Waals surface area contributed by atoms with E-state index in [-0.39, 0.29) is 11.6 Å². The summed E-state index contributed by atoms with van der Waals surface area (Å²) in [6.45, 7) is 0.426. The van der Waals surface area contributed by atoms with Crippen molar-refractivity contribution in [3.05, 3.63) is 46.2 Å². The number of carbonyl (C=O) groups excluding carboxylic acids is 1. The summed E-state index contributed by atoms with van der Waals surface area (Å²) in [5.74, 6) is -1.35. The lowest BCUT2D eigenvalue weighted by Crippen LogP contribution is -2.48. The highest BCUT2D eigenvalue weighted by Crippen LogP contribution is 2.25. The third kappa shape index (κ3) is 3.25. The molecule has 0 radical (unpaired) electrons. The molecule has 2 aromatic rings. The van der Waals surface area contributed by atoms with Gasteiger partial charge in [0.05, 0.1) is 15.7 Å². The van der Waals surface area contributed by atoms with Gasteiger partial charge in [0.25, 0.3) is 5.91 Å². The van der Waals surface area contributed by atoms with E-state index in [1.807, 2.05) is 0 Å². The minimum Gasteiger partial charge on any atom is -0.480 e. The van der Waals surface area contributed by atoms with Crippen molar-refractivity contribution in [2.24, 2.45) is 0 Å². The molecule has 6 nitrogen and oxygen atoms in total. The molecule has 1 aromatic carbocycles. The van der Waals surface area contributed by atoms with Crippen LogP contribution in [-0.2, 0) is 4.79 Å². The third-order valence-electron chi connectivity index (χ3n) is 4.02. The number of piperidine rings is 1. The molecule has 3 rings (SSSR count). The van der Waals surface area contributed by atoms with Gasteiger partial charge in [-0.15, -0.1) is 0 Å². The molecule has 0 aliphatic carbocycles. The number of nitrogens with zero attached hydrogens (tertiary/aromatic N) is 3. The summed E-state index contributed by atoms with van der Waals surface area (Å²) < 4.78 is 1.51. The predicted octanol–water partition coefficient (Wildman–Crippen LogP) is 3.26. The number of hydrogen-bond donors (Lipinski definition) is 1. The number of rotatable bonds is 3. The van der Waals surface area contributed by atoms with Crippen molar-refractivity contribution >= 4 is 35.1 Å². The highest BCUT2D eigenvalue weighted by molar-refractivity contribution is 6.42. The van der Waals surface area contributed by atoms with Gasteiger partial charge in [0, 0.05) is 12.7 Å². The molecule has 8 heteroatoms. The van der Waals surface area contributed by atoms with Crippen molar-refractivity contribution in [2.45, 2.75) is 25.3 Å². The third-order valence-corrected chi connectivity index (χ3v) is 4.76. The maximum absolute atomic E-state index is 12.6. The zero-order valence-corrected chi connectivity index (χ0v) is 14.2. The van der Waals surface area contributed by atoms with E-state index in [4.69, 9.17) is 23.2 Å². The molecule has 2 heterocycles. The number of aromatic nitrogens is 2. The Labute approximate surface area is 148 Å². The molecule has 1 fully saturated rings. The van der Waals surface area contributed by atoms with Gasteiger partial charge >= 0.3 is 5.97 Å². The Bertz CT molecular complexity index is 791. The van der Waals surface area contributed by atoms with Crippen LogP contribution in [0.15, 0.2) is 30.5 Å². The number of aliphatic carboxylic acids is 1. The smallest absolute Gasteiger partial charge is 0.326 e. The molecule has 1 aliphatic heterocycles. The van der Waals surface area contributed by atoms with Crippen LogP contribution >= 0.6 is 23.2 Å². The molecule has 1 saturated heterocycles. The lowest BCUT2D eigenvalue weighted by molar-refractivity contribution is -0.143. The second-order valence-corrected chi connectivity index (χ2v) is 6.41. The molecule has 0 saturated carbocycles. The number of likely N-dealkylation sites (tertiary alicyclic amines) is 1. The van der Waals surface area contributed by atoms with Crippen molar-refractivity contribution < 1.29 is 14.7 Å². The van der Waals surface area contributed by atoms with Gasteiger partial charge in [0.2, 0.25) is 0 Å². The molecular weight excluding hydrogens is 353 g/mol. The molecule has 1 N–H and O–H groups in total. The lowest BCUT2D eigenvalue weighted by Gasteiger charge is -2.32. The normalized spacial score (nSPS) is 17.8. The second kappa shape index (κ2) is 6.83. The van der Waals surface area contributed by atoms with E-state index in [9.17, 15) is 14.7 Å². The van der Waals surface area contributed by atoms with Crippen LogP contribution in [0.5, 0.6) is 0 Å². The number of halogens is 2. The molecule has 1 aromatic heterocycles. The number of amides is 1. The summed E-state index contributed by atoms with van der Waals surface area (Å²) >= 11 is 11.9. The monoisotopic (exact) mass is 367 g/mol. The fraction of sp³-hybridized carbons (Fsp3) is 0.312. The van der Waals surface area contributed by atoms with Gasteiger partial charge in [-0.3, -0.25) is 4.79 Å². The minimum absolute atomic E-state index is 0.203. The number of carbonyl (C=O) groups is 2. The first-order valence-corrected chi connectivity index (χ1v) is 8.28. The molecule has 24 heavy (non-hydrogen) atoms. The van der Waals surface area contributed by atoms with Crippen molar-refractivity contribution in [3.8, 4) is 5.69 Å². The zero-order valence-electron chi connectivity index (χ0n) is 12.7. The van der Waals surface area contributed by atoms with Crippen LogP contribution in [0.3, 0.4) is 0 Å². The van der Waals surface area contributed by atoms with Crippen LogP contribution in [-0.4, -0.2) is 44.3 Å². The number of carboxylic acid groups (broad SMARTS) is 1. The fourth-order valence-corrected chi connectivity index (χ4v) is 3.08. The van der Waals surface area contributed by atoms with Crippen LogP contribution < -0.4 is 0 Å². The summed E-state index contributed by atoms with van der Waals surface area (Å²) in [5.41, 5.74) is 0.867. The second-order valence-electron chi connectivity index (χ2n) is 5.59. The Hall–Kier alpha value is -2.05. The van der Waals surface area contributed by atoms with Crippen molar-refractivity contribution in [3.63, 3.8) is 0 Å². The first-order valence-electron chi connectivity index (χ1n) is 7.52. The summed E-state index contributed by atoms with van der Waals surface area (Å²) in [4.78, 5) is 25.4. The Morgan fingerprint density at radius 3 is 2.67 bits per heavy atom. The fourth-order valence-electron chi connectivity index (χ4n) is 2.79. The quantitative estimate of drug-likeness (QED) is 0.903. The first-order chi connectivity index (χ1) is 11.5. The number of hydrogen-bond acceptors (Lipinski definition) is 3. The number of carboxylic acids is 1. The van der Waals surface area contributed by atoms with Gasteiger partial charge in [0.1, 0.15) is 6.04 Å². The van der Waals surface area contributed by atoms with E-state index in [0.29, 0.717) is 28.7 Å². The summed E-state index contributed by atoms with van der Waals surface area (Å²) in [7, 11) is 0. The van der Waals surface area contributed by atoms with Gasteiger partial charge in [-0.05, 0) is 43.5 Å². The Morgan fingerprint density at radius 1 is 1.17 bits per heavy atom. The Balaban J connectivity index is 1.85. The molecule has 1 aliphatic rings. The molecular formula is C16H15Cl2N3O3. The largest absolute Gasteiger partial charge is 0.480 e. The van der Waals surface area contributed by atoms with Crippen molar-refractivity contribution in [1.82, 2.24) is 14.7 Å². The van der Waals surface area contributed by atoms with Crippen molar-refractivity contribution in [2.75, 3.05) is 6.54 Å². The first kappa shape index (κ1) is 16.8. The molecule has 0 spiro atoms. The van der Waals surface area contributed by atoms with Crippen LogP contribution in [0.25, 0.3) is 5.69 Å². The van der Waals surface area contributed by atoms with Gasteiger partial charge < -0.3 is 10.0 Å². The van der Waals surface area contributed by atoms with E-state index in [0.717, 1.165) is 12.8 Å². The molecule has 1 amide bonds. The minimum atomic E-state index is -0.980. The number of benzene rings is 1. The van der Waals surface area contributed by atoms with E-state index in [1.54, 1.807) is 30.5 Å². The van der Waals surface area contributed by atoms with Gasteiger partial charge in [-0.2, -0.15) is 5.10 Å². The van der Waals surface area contributed by atoms with Crippen molar-refractivity contribution in [1.29, 1.82) is 0 Å². The van der Waals surface area contributed by atoms with E-state index >= 15 is 0 Å². The SMILES string of the molecule is O=C(O)[C@H]1CCCCN1C(=O)c1ccn(-c2ccc(Cl)c(Cl)c2)n1. The topological polar surface area (TPSA) is 75.4 Å². The van der Waals surface area contributed by atoms with E-state index < -0.39 is 12.0 Å². The zero-order chi connectivity index (χ0) is 17.3. The Morgan fingerprint density at radius 2 is 1.96 bits per heavy atom. The van der Waals surface area contributed by atoms with E-state index in [1.165, 1.54) is 9.58 Å². The van der Waals surface area contributed by atoms with Gasteiger partial charge in [-0.1, -0.05) is 23.2 Å². The summed E-state index contributed by atoms with van der Waals surface area (Å²) in [6.07, 6.45) is 3.70. The van der Waals surface area contributed by atoms with Gasteiger partial charge in [0.15, 0.2) is 5.69 Å². The van der Waals surface area contributed by atoms with Crippen LogP contribution in [0, 0.1) is 0 Å². The van der Waals surface area contributed by atoms with Crippen LogP contribution in [0.2, 0.25) is 10.0 Å².